The van der Waals surface area contributed by atoms with E-state index < -0.39 is 0 Å². The summed E-state index contributed by atoms with van der Waals surface area (Å²) >= 11 is 0. The van der Waals surface area contributed by atoms with Gasteiger partial charge in [0.2, 0.25) is 11.8 Å². The number of piperidine rings is 1. The molecule has 0 saturated carbocycles. The van der Waals surface area contributed by atoms with Crippen LogP contribution >= 0.6 is 0 Å². The van der Waals surface area contributed by atoms with Gasteiger partial charge in [-0.15, -0.1) is 0 Å². The van der Waals surface area contributed by atoms with Crippen LogP contribution in [0.2, 0.25) is 0 Å². The van der Waals surface area contributed by atoms with Gasteiger partial charge < -0.3 is 21.3 Å². The quantitative estimate of drug-likeness (QED) is 0.669. The first-order valence-electron chi connectivity index (χ1n) is 8.83. The molecule has 140 valence electrons. The third-order valence-electron chi connectivity index (χ3n) is 4.27. The van der Waals surface area contributed by atoms with Gasteiger partial charge in [0.25, 0.3) is 0 Å². The highest BCUT2D eigenvalue weighted by Gasteiger charge is 2.29. The van der Waals surface area contributed by atoms with Crippen molar-refractivity contribution in [2.45, 2.75) is 25.8 Å². The Balaban J connectivity index is 1.59. The molecule has 1 fully saturated rings. The highest BCUT2D eigenvalue weighted by molar-refractivity contribution is 6.01. The van der Waals surface area contributed by atoms with Crippen LogP contribution in [0.1, 0.15) is 19.8 Å². The molecule has 0 spiro atoms. The summed E-state index contributed by atoms with van der Waals surface area (Å²) in [5, 5.41) is 11.1. The molecule has 4 N–H and O–H groups in total. The van der Waals surface area contributed by atoms with Crippen LogP contribution in [0.5, 0.6) is 0 Å². The predicted octanol–water partition coefficient (Wildman–Crippen LogP) is 3.18. The SMILES string of the molecule is C[C@@H]1C[C@@H](C(=O)Nc2cccc(NC(=O)Nc3ccccc3)c2)CC(=O)N1. The first-order chi connectivity index (χ1) is 13.0. The molecule has 27 heavy (non-hydrogen) atoms. The van der Waals surface area contributed by atoms with Gasteiger partial charge in [-0.05, 0) is 43.7 Å². The Morgan fingerprint density at radius 2 is 1.56 bits per heavy atom. The van der Waals surface area contributed by atoms with E-state index in [2.05, 4.69) is 21.3 Å². The first kappa shape index (κ1) is 18.4. The molecular weight excluding hydrogens is 344 g/mol. The molecule has 2 aromatic carbocycles. The van der Waals surface area contributed by atoms with Crippen molar-refractivity contribution < 1.29 is 14.4 Å². The Labute approximate surface area is 157 Å². The van der Waals surface area contributed by atoms with E-state index >= 15 is 0 Å². The minimum absolute atomic E-state index is 0.0170. The lowest BCUT2D eigenvalue weighted by Gasteiger charge is -2.26. The van der Waals surface area contributed by atoms with Gasteiger partial charge in [0, 0.05) is 35.4 Å². The van der Waals surface area contributed by atoms with Crippen molar-refractivity contribution in [3.63, 3.8) is 0 Å². The van der Waals surface area contributed by atoms with Gasteiger partial charge in [-0.2, -0.15) is 0 Å². The molecule has 2 aromatic rings. The number of rotatable bonds is 4. The molecule has 4 amide bonds. The normalized spacial score (nSPS) is 18.9. The molecule has 0 bridgehead atoms. The molecular formula is C20H22N4O3. The van der Waals surface area contributed by atoms with Crippen LogP contribution in [0.4, 0.5) is 21.9 Å². The molecule has 1 heterocycles. The van der Waals surface area contributed by atoms with Crippen LogP contribution in [-0.4, -0.2) is 23.9 Å². The van der Waals surface area contributed by atoms with Crippen molar-refractivity contribution in [3.05, 3.63) is 54.6 Å². The molecule has 3 rings (SSSR count). The zero-order valence-electron chi connectivity index (χ0n) is 15.0. The third-order valence-corrected chi connectivity index (χ3v) is 4.27. The van der Waals surface area contributed by atoms with Gasteiger partial charge in [0.15, 0.2) is 0 Å². The van der Waals surface area contributed by atoms with Crippen molar-refractivity contribution in [2.75, 3.05) is 16.0 Å². The summed E-state index contributed by atoms with van der Waals surface area (Å²) in [6.45, 7) is 1.88. The van der Waals surface area contributed by atoms with E-state index in [0.29, 0.717) is 23.5 Å². The lowest BCUT2D eigenvalue weighted by atomic mass is 9.92. The standard InChI is InChI=1S/C20H22N4O3/c1-13-10-14(11-18(25)21-13)19(26)22-16-8-5-9-17(12-16)24-20(27)23-15-6-3-2-4-7-15/h2-9,12-14H,10-11H2,1H3,(H,21,25)(H,22,26)(H2,23,24,27)/t13-,14-/m1/s1. The minimum atomic E-state index is -0.373. The van der Waals surface area contributed by atoms with E-state index in [4.69, 9.17) is 0 Å². The Morgan fingerprint density at radius 3 is 2.26 bits per heavy atom. The van der Waals surface area contributed by atoms with Crippen molar-refractivity contribution in [1.82, 2.24) is 5.32 Å². The second-order valence-corrected chi connectivity index (χ2v) is 6.62. The van der Waals surface area contributed by atoms with Gasteiger partial charge in [0.05, 0.1) is 0 Å². The van der Waals surface area contributed by atoms with Crippen LogP contribution in [0.15, 0.2) is 54.6 Å². The fraction of sp³-hybridized carbons (Fsp3) is 0.250. The van der Waals surface area contributed by atoms with Gasteiger partial charge in [0.1, 0.15) is 0 Å². The van der Waals surface area contributed by atoms with Crippen molar-refractivity contribution in [1.29, 1.82) is 0 Å². The molecule has 0 aliphatic carbocycles. The highest BCUT2D eigenvalue weighted by Crippen LogP contribution is 2.21. The topological polar surface area (TPSA) is 99.3 Å². The predicted molar refractivity (Wildman–Crippen MR) is 104 cm³/mol. The second-order valence-electron chi connectivity index (χ2n) is 6.62. The molecule has 1 aliphatic rings. The smallest absolute Gasteiger partial charge is 0.323 e. The van der Waals surface area contributed by atoms with Crippen molar-refractivity contribution in [2.24, 2.45) is 5.92 Å². The number of hydrogen-bond donors (Lipinski definition) is 4. The summed E-state index contributed by atoms with van der Waals surface area (Å²) in [5.74, 6) is -0.656. The second kappa shape index (κ2) is 8.35. The summed E-state index contributed by atoms with van der Waals surface area (Å²) < 4.78 is 0. The first-order valence-corrected chi connectivity index (χ1v) is 8.83. The fourth-order valence-electron chi connectivity index (χ4n) is 3.06. The average molecular weight is 366 g/mol. The van der Waals surface area contributed by atoms with Crippen LogP contribution in [0.3, 0.4) is 0 Å². The molecule has 0 aromatic heterocycles. The zero-order chi connectivity index (χ0) is 19.2. The molecule has 1 aliphatic heterocycles. The van der Waals surface area contributed by atoms with Gasteiger partial charge in [-0.3, -0.25) is 9.59 Å². The summed E-state index contributed by atoms with van der Waals surface area (Å²) in [6, 6.07) is 15.6. The molecule has 2 atom stereocenters. The Bertz CT molecular complexity index is 838. The zero-order valence-corrected chi connectivity index (χ0v) is 15.0. The lowest BCUT2D eigenvalue weighted by molar-refractivity contribution is -0.130. The summed E-state index contributed by atoms with van der Waals surface area (Å²) in [7, 11) is 0. The molecule has 7 nitrogen and oxygen atoms in total. The molecule has 0 radical (unpaired) electrons. The van der Waals surface area contributed by atoms with Gasteiger partial charge in [-0.1, -0.05) is 24.3 Å². The maximum atomic E-state index is 12.4. The summed E-state index contributed by atoms with van der Waals surface area (Å²) in [6.07, 6.45) is 0.794. The van der Waals surface area contributed by atoms with E-state index in [9.17, 15) is 14.4 Å². The lowest BCUT2D eigenvalue weighted by Crippen LogP contribution is -2.44. The Hall–Kier alpha value is -3.35. The van der Waals surface area contributed by atoms with Gasteiger partial charge >= 0.3 is 6.03 Å². The van der Waals surface area contributed by atoms with Crippen LogP contribution in [0, 0.1) is 5.92 Å². The number of carbonyl (C=O) groups is 3. The monoisotopic (exact) mass is 366 g/mol. The number of carbonyl (C=O) groups excluding carboxylic acids is 3. The average Bonchev–Trinajstić information content (AvgIpc) is 2.62. The number of hydrogen-bond acceptors (Lipinski definition) is 3. The number of benzene rings is 2. The minimum Gasteiger partial charge on any atom is -0.354 e. The Kier molecular flexibility index (Phi) is 5.71. The number of anilines is 3. The van der Waals surface area contributed by atoms with Crippen LogP contribution < -0.4 is 21.3 Å². The summed E-state index contributed by atoms with van der Waals surface area (Å²) in [5.41, 5.74) is 1.80. The molecule has 7 heteroatoms. The largest absolute Gasteiger partial charge is 0.354 e. The van der Waals surface area contributed by atoms with Crippen LogP contribution in [0.25, 0.3) is 0 Å². The maximum Gasteiger partial charge on any atom is 0.323 e. The fourth-order valence-corrected chi connectivity index (χ4v) is 3.06. The van der Waals surface area contributed by atoms with E-state index in [1.807, 2.05) is 25.1 Å². The summed E-state index contributed by atoms with van der Waals surface area (Å²) in [4.78, 5) is 36.1. The number of para-hydroxylation sites is 1. The van der Waals surface area contributed by atoms with Crippen molar-refractivity contribution in [3.8, 4) is 0 Å². The van der Waals surface area contributed by atoms with E-state index in [0.717, 1.165) is 0 Å². The van der Waals surface area contributed by atoms with E-state index in [-0.39, 0.29) is 36.2 Å². The maximum absolute atomic E-state index is 12.4. The highest BCUT2D eigenvalue weighted by atomic mass is 16.2. The van der Waals surface area contributed by atoms with E-state index in [1.165, 1.54) is 0 Å². The number of urea groups is 1. The van der Waals surface area contributed by atoms with Crippen LogP contribution in [-0.2, 0) is 9.59 Å². The number of amides is 4. The van der Waals surface area contributed by atoms with Gasteiger partial charge in [-0.25, -0.2) is 4.79 Å². The molecule has 1 saturated heterocycles. The van der Waals surface area contributed by atoms with Crippen molar-refractivity contribution >= 4 is 34.9 Å². The number of nitrogens with one attached hydrogen (secondary N) is 4. The molecule has 0 unspecified atom stereocenters. The third kappa shape index (κ3) is 5.31. The Morgan fingerprint density at radius 1 is 0.926 bits per heavy atom. The van der Waals surface area contributed by atoms with E-state index in [1.54, 1.807) is 36.4 Å².